The van der Waals surface area contributed by atoms with Gasteiger partial charge in [0.15, 0.2) is 0 Å². The van der Waals surface area contributed by atoms with Gasteiger partial charge in [0.1, 0.15) is 0 Å². The second kappa shape index (κ2) is 6.07. The van der Waals surface area contributed by atoms with E-state index in [0.29, 0.717) is 5.88 Å². The Kier molecular flexibility index (Phi) is 4.97. The van der Waals surface area contributed by atoms with E-state index in [1.807, 2.05) is 18.2 Å². The summed E-state index contributed by atoms with van der Waals surface area (Å²) in [5.74, 6) is 6.72. The predicted molar refractivity (Wildman–Crippen MR) is 61.3 cm³/mol. The van der Waals surface area contributed by atoms with Crippen molar-refractivity contribution in [3.8, 4) is 11.8 Å². The highest BCUT2D eigenvalue weighted by Crippen LogP contribution is 2.10. The SMILES string of the molecule is ClCCC#Cc1ccccc1CBr. The van der Waals surface area contributed by atoms with E-state index < -0.39 is 0 Å². The summed E-state index contributed by atoms with van der Waals surface area (Å²) in [6.45, 7) is 0. The molecule has 0 spiro atoms. The van der Waals surface area contributed by atoms with Gasteiger partial charge < -0.3 is 0 Å². The molecule has 13 heavy (non-hydrogen) atoms. The molecule has 0 N–H and O–H groups in total. The summed E-state index contributed by atoms with van der Waals surface area (Å²) in [7, 11) is 0. The molecule has 0 aliphatic heterocycles. The highest BCUT2D eigenvalue weighted by atomic mass is 79.9. The van der Waals surface area contributed by atoms with Gasteiger partial charge in [0, 0.05) is 23.2 Å². The molecule has 0 saturated heterocycles. The molecule has 2 heteroatoms. The van der Waals surface area contributed by atoms with Crippen LogP contribution in [0.3, 0.4) is 0 Å². The molecule has 0 amide bonds. The highest BCUT2D eigenvalue weighted by molar-refractivity contribution is 9.08. The molecule has 0 aromatic heterocycles. The van der Waals surface area contributed by atoms with Gasteiger partial charge in [-0.05, 0) is 11.6 Å². The normalized spacial score (nSPS) is 9.08. The summed E-state index contributed by atoms with van der Waals surface area (Å²) in [6.07, 6.45) is 0.748. The number of hydrogen-bond acceptors (Lipinski definition) is 0. The Morgan fingerprint density at radius 1 is 1.31 bits per heavy atom. The first kappa shape index (κ1) is 10.6. The van der Waals surface area contributed by atoms with Crippen LogP contribution in [0.1, 0.15) is 17.5 Å². The lowest BCUT2D eigenvalue weighted by Gasteiger charge is -1.97. The average molecular weight is 258 g/mol. The van der Waals surface area contributed by atoms with E-state index >= 15 is 0 Å². The summed E-state index contributed by atoms with van der Waals surface area (Å²) < 4.78 is 0. The van der Waals surface area contributed by atoms with E-state index in [-0.39, 0.29) is 0 Å². The second-order valence-corrected chi connectivity index (χ2v) is 3.47. The standard InChI is InChI=1S/C11H10BrCl/c12-9-11-7-2-1-5-10(11)6-3-4-8-13/h1-2,5,7H,4,8-9H2. The van der Waals surface area contributed by atoms with Crippen molar-refractivity contribution in [1.82, 2.24) is 0 Å². The first-order valence-electron chi connectivity index (χ1n) is 4.07. The van der Waals surface area contributed by atoms with E-state index in [4.69, 9.17) is 11.6 Å². The van der Waals surface area contributed by atoms with Gasteiger partial charge in [-0.2, -0.15) is 0 Å². The van der Waals surface area contributed by atoms with Crippen molar-refractivity contribution in [2.45, 2.75) is 11.8 Å². The Morgan fingerprint density at radius 2 is 2.08 bits per heavy atom. The molecular formula is C11H10BrCl. The zero-order chi connectivity index (χ0) is 9.52. The van der Waals surface area contributed by atoms with E-state index in [0.717, 1.165) is 17.3 Å². The predicted octanol–water partition coefficient (Wildman–Crippen LogP) is 3.56. The molecule has 0 bridgehead atoms. The average Bonchev–Trinajstić information content (AvgIpc) is 2.19. The van der Waals surface area contributed by atoms with Crippen LogP contribution in [0.2, 0.25) is 0 Å². The Labute approximate surface area is 92.4 Å². The van der Waals surface area contributed by atoms with Crippen LogP contribution in [0.25, 0.3) is 0 Å². The van der Waals surface area contributed by atoms with Gasteiger partial charge in [-0.25, -0.2) is 0 Å². The van der Waals surface area contributed by atoms with Crippen molar-refractivity contribution in [3.05, 3.63) is 35.4 Å². The molecule has 0 aliphatic carbocycles. The van der Waals surface area contributed by atoms with Crippen molar-refractivity contribution in [2.75, 3.05) is 5.88 Å². The third-order valence-electron chi connectivity index (χ3n) is 1.60. The first-order valence-corrected chi connectivity index (χ1v) is 5.72. The molecule has 1 aromatic carbocycles. The molecule has 1 aromatic rings. The lowest BCUT2D eigenvalue weighted by Crippen LogP contribution is -1.83. The van der Waals surface area contributed by atoms with Crippen LogP contribution in [0.5, 0.6) is 0 Å². The lowest BCUT2D eigenvalue weighted by molar-refractivity contribution is 1.29. The molecule has 0 saturated carbocycles. The van der Waals surface area contributed by atoms with Gasteiger partial charge in [0.05, 0.1) is 0 Å². The van der Waals surface area contributed by atoms with Gasteiger partial charge in [0.25, 0.3) is 0 Å². The molecular weight excluding hydrogens is 247 g/mol. The van der Waals surface area contributed by atoms with Crippen LogP contribution in [-0.2, 0) is 5.33 Å². The second-order valence-electron chi connectivity index (χ2n) is 2.53. The monoisotopic (exact) mass is 256 g/mol. The van der Waals surface area contributed by atoms with Crippen molar-refractivity contribution < 1.29 is 0 Å². The number of benzene rings is 1. The van der Waals surface area contributed by atoms with Gasteiger partial charge in [-0.1, -0.05) is 46.0 Å². The zero-order valence-corrected chi connectivity index (χ0v) is 9.53. The minimum atomic E-state index is 0.601. The van der Waals surface area contributed by atoms with E-state index in [1.54, 1.807) is 0 Å². The van der Waals surface area contributed by atoms with Crippen LogP contribution in [0.4, 0.5) is 0 Å². The largest absolute Gasteiger partial charge is 0.126 e. The van der Waals surface area contributed by atoms with Crippen molar-refractivity contribution in [3.63, 3.8) is 0 Å². The maximum absolute atomic E-state index is 5.53. The van der Waals surface area contributed by atoms with Crippen LogP contribution in [0, 0.1) is 11.8 Å². The van der Waals surface area contributed by atoms with Gasteiger partial charge in [-0.3, -0.25) is 0 Å². The van der Waals surface area contributed by atoms with E-state index in [9.17, 15) is 0 Å². The Morgan fingerprint density at radius 3 is 2.77 bits per heavy atom. The summed E-state index contributed by atoms with van der Waals surface area (Å²) in [6, 6.07) is 8.11. The smallest absolute Gasteiger partial charge is 0.0333 e. The Hall–Kier alpha value is -0.450. The molecule has 0 unspecified atom stereocenters. The Balaban J connectivity index is 2.82. The minimum Gasteiger partial charge on any atom is -0.126 e. The topological polar surface area (TPSA) is 0 Å². The Bertz CT molecular complexity index is 322. The fourth-order valence-corrected chi connectivity index (χ4v) is 1.55. The maximum atomic E-state index is 5.53. The molecule has 0 aliphatic rings. The fourth-order valence-electron chi connectivity index (χ4n) is 0.964. The maximum Gasteiger partial charge on any atom is 0.0333 e. The summed E-state index contributed by atoms with van der Waals surface area (Å²) in [5, 5.41) is 0.846. The molecule has 1 rings (SSSR count). The molecule has 0 radical (unpaired) electrons. The van der Waals surface area contributed by atoms with Gasteiger partial charge in [0.2, 0.25) is 0 Å². The summed E-state index contributed by atoms with van der Waals surface area (Å²) in [5.41, 5.74) is 2.31. The van der Waals surface area contributed by atoms with Crippen molar-refractivity contribution in [2.24, 2.45) is 0 Å². The van der Waals surface area contributed by atoms with Crippen LogP contribution < -0.4 is 0 Å². The number of alkyl halides is 2. The van der Waals surface area contributed by atoms with Crippen LogP contribution in [-0.4, -0.2) is 5.88 Å². The van der Waals surface area contributed by atoms with Crippen LogP contribution >= 0.6 is 27.5 Å². The number of hydrogen-bond donors (Lipinski definition) is 0. The van der Waals surface area contributed by atoms with E-state index in [1.165, 1.54) is 5.56 Å². The van der Waals surface area contributed by atoms with Gasteiger partial charge in [-0.15, -0.1) is 11.6 Å². The quantitative estimate of drug-likeness (QED) is 0.561. The molecule has 0 nitrogen and oxygen atoms in total. The van der Waals surface area contributed by atoms with Gasteiger partial charge >= 0.3 is 0 Å². The fraction of sp³-hybridized carbons (Fsp3) is 0.273. The minimum absolute atomic E-state index is 0.601. The van der Waals surface area contributed by atoms with E-state index in [2.05, 4.69) is 33.8 Å². The molecule has 0 heterocycles. The highest BCUT2D eigenvalue weighted by Gasteiger charge is 1.94. The molecule has 68 valence electrons. The van der Waals surface area contributed by atoms with Crippen LogP contribution in [0.15, 0.2) is 24.3 Å². The zero-order valence-electron chi connectivity index (χ0n) is 7.19. The third kappa shape index (κ3) is 3.42. The third-order valence-corrected chi connectivity index (χ3v) is 2.40. The van der Waals surface area contributed by atoms with Crippen molar-refractivity contribution >= 4 is 27.5 Å². The number of rotatable bonds is 2. The molecule has 0 fully saturated rings. The summed E-state index contributed by atoms with van der Waals surface area (Å²) >= 11 is 8.95. The van der Waals surface area contributed by atoms with Crippen molar-refractivity contribution in [1.29, 1.82) is 0 Å². The molecule has 0 atom stereocenters. The lowest BCUT2D eigenvalue weighted by atomic mass is 10.1. The number of halogens is 2. The summed E-state index contributed by atoms with van der Waals surface area (Å²) in [4.78, 5) is 0. The first-order chi connectivity index (χ1) is 6.38.